The Morgan fingerprint density at radius 2 is 2.09 bits per heavy atom. The lowest BCUT2D eigenvalue weighted by atomic mass is 10.2. The van der Waals surface area contributed by atoms with E-state index in [1.54, 1.807) is 18.2 Å². The molecule has 0 heterocycles. The van der Waals surface area contributed by atoms with Crippen molar-refractivity contribution in [1.82, 2.24) is 5.43 Å². The number of nitro benzene ring substituents is 1. The smallest absolute Gasteiger partial charge is 0.270 e. The van der Waals surface area contributed by atoms with Gasteiger partial charge in [-0.15, -0.1) is 0 Å². The molecule has 0 saturated heterocycles. The first kappa shape index (κ1) is 16.9. The van der Waals surface area contributed by atoms with Gasteiger partial charge in [-0.05, 0) is 36.8 Å². The van der Waals surface area contributed by atoms with Crippen molar-refractivity contribution in [2.45, 2.75) is 6.92 Å². The summed E-state index contributed by atoms with van der Waals surface area (Å²) in [6, 6.07) is 11.6. The Balaban J connectivity index is 1.97. The number of hydrogen-bond donors (Lipinski definition) is 2. The number of hydrazone groups is 1. The fourth-order valence-electron chi connectivity index (χ4n) is 1.78. The van der Waals surface area contributed by atoms with E-state index < -0.39 is 4.92 Å². The maximum Gasteiger partial charge on any atom is 0.270 e. The van der Waals surface area contributed by atoms with Crippen molar-refractivity contribution < 1.29 is 4.92 Å². The lowest BCUT2D eigenvalue weighted by molar-refractivity contribution is -0.384. The summed E-state index contributed by atoms with van der Waals surface area (Å²) in [5, 5.41) is 18.6. The number of halogens is 1. The molecule has 0 spiro atoms. The van der Waals surface area contributed by atoms with Crippen molar-refractivity contribution in [3.05, 3.63) is 68.7 Å². The molecule has 0 amide bonds. The van der Waals surface area contributed by atoms with Crippen LogP contribution in [-0.4, -0.2) is 16.3 Å². The number of nitro groups is 1. The average Bonchev–Trinajstić information content (AvgIpc) is 2.52. The van der Waals surface area contributed by atoms with Crippen LogP contribution in [0.4, 0.5) is 11.4 Å². The molecular weight excluding hydrogens is 336 g/mol. The normalized spacial score (nSPS) is 10.5. The monoisotopic (exact) mass is 348 g/mol. The van der Waals surface area contributed by atoms with Crippen molar-refractivity contribution >= 4 is 46.5 Å². The van der Waals surface area contributed by atoms with Gasteiger partial charge in [-0.1, -0.05) is 29.8 Å². The van der Waals surface area contributed by atoms with E-state index in [4.69, 9.17) is 23.8 Å². The minimum absolute atomic E-state index is 0.00389. The molecule has 2 aromatic carbocycles. The molecule has 0 atom stereocenters. The van der Waals surface area contributed by atoms with Gasteiger partial charge in [-0.3, -0.25) is 15.5 Å². The minimum Gasteiger partial charge on any atom is -0.331 e. The molecule has 2 aromatic rings. The molecule has 2 rings (SSSR count). The van der Waals surface area contributed by atoms with Crippen molar-refractivity contribution in [2.75, 3.05) is 5.32 Å². The highest BCUT2D eigenvalue weighted by Crippen LogP contribution is 2.22. The van der Waals surface area contributed by atoms with Crippen LogP contribution in [0.2, 0.25) is 5.02 Å². The predicted octanol–water partition coefficient (Wildman–Crippen LogP) is 3.88. The van der Waals surface area contributed by atoms with Crippen molar-refractivity contribution in [3.63, 3.8) is 0 Å². The summed E-state index contributed by atoms with van der Waals surface area (Å²) in [7, 11) is 0. The third kappa shape index (κ3) is 4.73. The van der Waals surface area contributed by atoms with Gasteiger partial charge < -0.3 is 5.32 Å². The summed E-state index contributed by atoms with van der Waals surface area (Å²) in [5.41, 5.74) is 4.90. The lowest BCUT2D eigenvalue weighted by Crippen LogP contribution is -2.24. The number of benzene rings is 2. The van der Waals surface area contributed by atoms with Crippen LogP contribution in [0.5, 0.6) is 0 Å². The SMILES string of the molecule is Cc1c(Cl)cccc1NC(=S)N/N=C\c1cccc([N+](=O)[O-])c1. The van der Waals surface area contributed by atoms with E-state index >= 15 is 0 Å². The first-order valence-corrected chi connectivity index (χ1v) is 7.35. The predicted molar refractivity (Wildman–Crippen MR) is 96.2 cm³/mol. The van der Waals surface area contributed by atoms with Gasteiger partial charge in [0.1, 0.15) is 0 Å². The highest BCUT2D eigenvalue weighted by atomic mass is 35.5. The summed E-state index contributed by atoms with van der Waals surface area (Å²) in [4.78, 5) is 10.2. The number of rotatable bonds is 4. The zero-order valence-electron chi connectivity index (χ0n) is 12.1. The minimum atomic E-state index is -0.459. The second-order valence-electron chi connectivity index (χ2n) is 4.59. The number of nitrogens with one attached hydrogen (secondary N) is 2. The summed E-state index contributed by atoms with van der Waals surface area (Å²) in [6.45, 7) is 1.87. The quantitative estimate of drug-likeness (QED) is 0.379. The van der Waals surface area contributed by atoms with Crippen LogP contribution >= 0.6 is 23.8 Å². The second-order valence-corrected chi connectivity index (χ2v) is 5.40. The molecule has 23 heavy (non-hydrogen) atoms. The highest BCUT2D eigenvalue weighted by molar-refractivity contribution is 7.80. The van der Waals surface area contributed by atoms with E-state index in [0.29, 0.717) is 10.6 Å². The molecular formula is C15H13ClN4O2S. The van der Waals surface area contributed by atoms with Crippen LogP contribution in [0.25, 0.3) is 0 Å². The van der Waals surface area contributed by atoms with E-state index in [1.165, 1.54) is 18.3 Å². The Labute approximate surface area is 143 Å². The van der Waals surface area contributed by atoms with Crippen molar-refractivity contribution in [2.24, 2.45) is 5.10 Å². The van der Waals surface area contributed by atoms with Crippen LogP contribution in [-0.2, 0) is 0 Å². The van der Waals surface area contributed by atoms with Crippen LogP contribution in [0, 0.1) is 17.0 Å². The fraction of sp³-hybridized carbons (Fsp3) is 0.0667. The maximum absolute atomic E-state index is 10.7. The molecule has 0 saturated carbocycles. The van der Waals surface area contributed by atoms with E-state index in [0.717, 1.165) is 11.3 Å². The molecule has 0 bridgehead atoms. The summed E-state index contributed by atoms with van der Waals surface area (Å²) < 4.78 is 0. The van der Waals surface area contributed by atoms with Gasteiger partial charge in [0.2, 0.25) is 0 Å². The largest absolute Gasteiger partial charge is 0.331 e. The number of non-ortho nitro benzene ring substituents is 1. The van der Waals surface area contributed by atoms with Crippen LogP contribution in [0.15, 0.2) is 47.6 Å². The Morgan fingerprint density at radius 1 is 1.35 bits per heavy atom. The van der Waals surface area contributed by atoms with Gasteiger partial charge in [0.05, 0.1) is 11.1 Å². The van der Waals surface area contributed by atoms with Gasteiger partial charge >= 0.3 is 0 Å². The number of thiocarbonyl (C=S) groups is 1. The number of nitrogens with zero attached hydrogens (tertiary/aromatic N) is 2. The van der Waals surface area contributed by atoms with E-state index in [-0.39, 0.29) is 10.8 Å². The van der Waals surface area contributed by atoms with Crippen molar-refractivity contribution in [3.8, 4) is 0 Å². The third-order valence-electron chi connectivity index (χ3n) is 2.98. The molecule has 6 nitrogen and oxygen atoms in total. The molecule has 0 aliphatic carbocycles. The first-order chi connectivity index (χ1) is 11.0. The lowest BCUT2D eigenvalue weighted by Gasteiger charge is -2.10. The van der Waals surface area contributed by atoms with Gasteiger partial charge in [-0.2, -0.15) is 5.10 Å². The molecule has 2 N–H and O–H groups in total. The molecule has 0 aliphatic rings. The molecule has 0 aromatic heterocycles. The zero-order chi connectivity index (χ0) is 16.8. The Morgan fingerprint density at radius 3 is 2.83 bits per heavy atom. The molecule has 0 fully saturated rings. The maximum atomic E-state index is 10.7. The van der Waals surface area contributed by atoms with Gasteiger partial charge in [0.15, 0.2) is 5.11 Å². The number of hydrogen-bond acceptors (Lipinski definition) is 4. The topological polar surface area (TPSA) is 79.6 Å². The van der Waals surface area contributed by atoms with Crippen LogP contribution < -0.4 is 10.7 Å². The fourth-order valence-corrected chi connectivity index (χ4v) is 2.11. The third-order valence-corrected chi connectivity index (χ3v) is 3.58. The second kappa shape index (κ2) is 7.66. The van der Waals surface area contributed by atoms with Gasteiger partial charge in [0, 0.05) is 28.4 Å². The Kier molecular flexibility index (Phi) is 5.61. The first-order valence-electron chi connectivity index (χ1n) is 6.57. The van der Waals surface area contributed by atoms with Gasteiger partial charge in [-0.25, -0.2) is 0 Å². The molecule has 0 radical (unpaired) electrons. The van der Waals surface area contributed by atoms with E-state index in [2.05, 4.69) is 15.8 Å². The zero-order valence-corrected chi connectivity index (χ0v) is 13.7. The summed E-state index contributed by atoms with van der Waals surface area (Å²) >= 11 is 11.2. The van der Waals surface area contributed by atoms with E-state index in [9.17, 15) is 10.1 Å². The number of anilines is 1. The van der Waals surface area contributed by atoms with Crippen LogP contribution in [0.1, 0.15) is 11.1 Å². The standard InChI is InChI=1S/C15H13ClN4O2S/c1-10-13(16)6-3-7-14(10)18-15(23)19-17-9-11-4-2-5-12(8-11)20(21)22/h2-9H,1H3,(H2,18,19,23)/b17-9-. The van der Waals surface area contributed by atoms with E-state index in [1.807, 2.05) is 19.1 Å². The molecule has 118 valence electrons. The molecule has 0 unspecified atom stereocenters. The van der Waals surface area contributed by atoms with Crippen molar-refractivity contribution in [1.29, 1.82) is 0 Å². The summed E-state index contributed by atoms with van der Waals surface area (Å²) in [6.07, 6.45) is 1.45. The average molecular weight is 349 g/mol. The Hall–Kier alpha value is -2.51. The molecule has 0 aliphatic heterocycles. The van der Waals surface area contributed by atoms with Crippen LogP contribution in [0.3, 0.4) is 0 Å². The van der Waals surface area contributed by atoms with Gasteiger partial charge in [0.25, 0.3) is 5.69 Å². The summed E-state index contributed by atoms with van der Waals surface area (Å²) in [5.74, 6) is 0. The Bertz CT molecular complexity index is 780. The molecule has 8 heteroatoms. The highest BCUT2D eigenvalue weighted by Gasteiger charge is 2.05.